The van der Waals surface area contributed by atoms with E-state index in [1.807, 2.05) is 60.8 Å². The van der Waals surface area contributed by atoms with Crippen LogP contribution in [0.3, 0.4) is 0 Å². The van der Waals surface area contributed by atoms with Crippen molar-refractivity contribution in [3.8, 4) is 16.3 Å². The van der Waals surface area contributed by atoms with E-state index in [4.69, 9.17) is 9.47 Å². The number of aryl methyl sites for hydroxylation is 1. The van der Waals surface area contributed by atoms with Gasteiger partial charge in [-0.3, -0.25) is 4.98 Å². The second-order valence-electron chi connectivity index (χ2n) is 6.28. The van der Waals surface area contributed by atoms with Crippen molar-refractivity contribution in [1.82, 2.24) is 9.97 Å². The summed E-state index contributed by atoms with van der Waals surface area (Å²) in [5.41, 5.74) is 3.76. The van der Waals surface area contributed by atoms with Crippen LogP contribution in [-0.2, 0) is 11.3 Å². The van der Waals surface area contributed by atoms with Gasteiger partial charge in [-0.15, -0.1) is 11.3 Å². The first-order chi connectivity index (χ1) is 13.6. The van der Waals surface area contributed by atoms with E-state index in [1.54, 1.807) is 13.2 Å². The third-order valence-electron chi connectivity index (χ3n) is 4.28. The van der Waals surface area contributed by atoms with Crippen molar-refractivity contribution in [3.05, 3.63) is 76.9 Å². The van der Waals surface area contributed by atoms with Crippen LogP contribution in [0.15, 0.2) is 60.0 Å². The molecule has 0 unspecified atom stereocenters. The highest BCUT2D eigenvalue weighted by Gasteiger charge is 2.14. The standard InChI is InChI=1S/C22H18N2O3S/c1-14-10-19(18-8-3-4-9-20(18)23-14)22(25)27-12-16-13-28-21(24-16)15-6-5-7-17(11-15)26-2/h3-11,13H,12H2,1-2H3. The predicted octanol–water partition coefficient (Wildman–Crippen LogP) is 5.03. The monoisotopic (exact) mass is 390 g/mol. The molecule has 2 aromatic carbocycles. The van der Waals surface area contributed by atoms with Crippen molar-refractivity contribution in [2.75, 3.05) is 7.11 Å². The topological polar surface area (TPSA) is 61.3 Å². The Morgan fingerprint density at radius 2 is 1.93 bits per heavy atom. The highest BCUT2D eigenvalue weighted by molar-refractivity contribution is 7.13. The molecule has 5 nitrogen and oxygen atoms in total. The largest absolute Gasteiger partial charge is 0.497 e. The van der Waals surface area contributed by atoms with Crippen LogP contribution in [0.2, 0.25) is 0 Å². The molecule has 0 aliphatic rings. The number of pyridine rings is 1. The Bertz CT molecular complexity index is 1150. The van der Waals surface area contributed by atoms with Gasteiger partial charge in [0.15, 0.2) is 0 Å². The molecule has 0 fully saturated rings. The van der Waals surface area contributed by atoms with Gasteiger partial charge >= 0.3 is 5.97 Å². The van der Waals surface area contributed by atoms with E-state index in [-0.39, 0.29) is 12.6 Å². The van der Waals surface area contributed by atoms with Crippen molar-refractivity contribution in [3.63, 3.8) is 0 Å². The lowest BCUT2D eigenvalue weighted by molar-refractivity contribution is 0.0470. The van der Waals surface area contributed by atoms with E-state index in [9.17, 15) is 4.79 Å². The van der Waals surface area contributed by atoms with E-state index < -0.39 is 0 Å². The fourth-order valence-electron chi connectivity index (χ4n) is 2.96. The van der Waals surface area contributed by atoms with Crippen LogP contribution >= 0.6 is 11.3 Å². The van der Waals surface area contributed by atoms with Crippen LogP contribution in [0.1, 0.15) is 21.7 Å². The van der Waals surface area contributed by atoms with Gasteiger partial charge in [0, 0.05) is 22.0 Å². The number of fused-ring (bicyclic) bond motifs is 1. The third-order valence-corrected chi connectivity index (χ3v) is 5.22. The van der Waals surface area contributed by atoms with Crippen LogP contribution in [0.5, 0.6) is 5.75 Å². The number of hydrogen-bond acceptors (Lipinski definition) is 6. The van der Waals surface area contributed by atoms with Crippen LogP contribution in [-0.4, -0.2) is 23.0 Å². The Kier molecular flexibility index (Phi) is 5.04. The second-order valence-corrected chi connectivity index (χ2v) is 7.14. The lowest BCUT2D eigenvalue weighted by Gasteiger charge is -2.07. The number of methoxy groups -OCH3 is 1. The number of para-hydroxylation sites is 1. The average Bonchev–Trinajstić information content (AvgIpc) is 3.20. The zero-order valence-corrected chi connectivity index (χ0v) is 16.3. The Morgan fingerprint density at radius 3 is 2.79 bits per heavy atom. The molecule has 28 heavy (non-hydrogen) atoms. The maximum atomic E-state index is 12.7. The van der Waals surface area contributed by atoms with Crippen molar-refractivity contribution in [2.24, 2.45) is 0 Å². The van der Waals surface area contributed by atoms with Gasteiger partial charge in [-0.2, -0.15) is 0 Å². The summed E-state index contributed by atoms with van der Waals surface area (Å²) in [6, 6.07) is 17.0. The summed E-state index contributed by atoms with van der Waals surface area (Å²) in [4.78, 5) is 21.7. The van der Waals surface area contributed by atoms with Gasteiger partial charge < -0.3 is 9.47 Å². The quantitative estimate of drug-likeness (QED) is 0.447. The number of hydrogen-bond donors (Lipinski definition) is 0. The van der Waals surface area contributed by atoms with E-state index in [2.05, 4.69) is 9.97 Å². The molecule has 6 heteroatoms. The molecule has 2 heterocycles. The molecule has 2 aromatic heterocycles. The molecule has 0 aliphatic carbocycles. The number of thiazole rings is 1. The highest BCUT2D eigenvalue weighted by Crippen LogP contribution is 2.27. The van der Waals surface area contributed by atoms with Crippen LogP contribution in [0.4, 0.5) is 0 Å². The van der Waals surface area contributed by atoms with Gasteiger partial charge in [0.1, 0.15) is 17.4 Å². The molecule has 4 rings (SSSR count). The molecule has 0 radical (unpaired) electrons. The maximum absolute atomic E-state index is 12.7. The van der Waals surface area contributed by atoms with E-state index in [1.165, 1.54) is 11.3 Å². The number of carbonyl (C=O) groups is 1. The van der Waals surface area contributed by atoms with Crippen molar-refractivity contribution < 1.29 is 14.3 Å². The van der Waals surface area contributed by atoms with Crippen LogP contribution < -0.4 is 4.74 Å². The first-order valence-corrected chi connectivity index (χ1v) is 9.64. The first kappa shape index (κ1) is 18.1. The van der Waals surface area contributed by atoms with Gasteiger partial charge in [-0.25, -0.2) is 9.78 Å². The predicted molar refractivity (Wildman–Crippen MR) is 110 cm³/mol. The Balaban J connectivity index is 1.51. The van der Waals surface area contributed by atoms with Crippen molar-refractivity contribution in [2.45, 2.75) is 13.5 Å². The average molecular weight is 390 g/mol. The zero-order chi connectivity index (χ0) is 19.5. The Hall–Kier alpha value is -3.25. The second kappa shape index (κ2) is 7.78. The summed E-state index contributed by atoms with van der Waals surface area (Å²) in [6.07, 6.45) is 0. The summed E-state index contributed by atoms with van der Waals surface area (Å²) in [5.74, 6) is 0.401. The summed E-state index contributed by atoms with van der Waals surface area (Å²) in [5, 5.41) is 3.54. The van der Waals surface area contributed by atoms with Crippen LogP contribution in [0, 0.1) is 6.92 Å². The van der Waals surface area contributed by atoms with E-state index >= 15 is 0 Å². The van der Waals surface area contributed by atoms with Gasteiger partial charge in [0.25, 0.3) is 0 Å². The number of ether oxygens (including phenoxy) is 2. The Morgan fingerprint density at radius 1 is 1.07 bits per heavy atom. The zero-order valence-electron chi connectivity index (χ0n) is 15.5. The fourth-order valence-corrected chi connectivity index (χ4v) is 3.76. The summed E-state index contributed by atoms with van der Waals surface area (Å²) >= 11 is 1.51. The van der Waals surface area contributed by atoms with E-state index in [0.717, 1.165) is 32.9 Å². The number of aromatic nitrogens is 2. The summed E-state index contributed by atoms with van der Waals surface area (Å²) in [6.45, 7) is 1.99. The minimum atomic E-state index is -0.377. The number of carbonyl (C=O) groups excluding carboxylic acids is 1. The number of benzene rings is 2. The lowest BCUT2D eigenvalue weighted by Crippen LogP contribution is -2.07. The molecule has 0 saturated carbocycles. The smallest absolute Gasteiger partial charge is 0.339 e. The molecular formula is C22H18N2O3S. The number of esters is 1. The molecule has 0 amide bonds. The molecule has 0 atom stereocenters. The van der Waals surface area contributed by atoms with Gasteiger partial charge in [-0.1, -0.05) is 30.3 Å². The molecule has 0 saturated heterocycles. The Labute approximate surface area is 166 Å². The van der Waals surface area contributed by atoms with E-state index in [0.29, 0.717) is 11.3 Å². The SMILES string of the molecule is COc1cccc(-c2nc(COC(=O)c3cc(C)nc4ccccc34)cs2)c1. The number of rotatable bonds is 5. The minimum absolute atomic E-state index is 0.120. The maximum Gasteiger partial charge on any atom is 0.339 e. The molecule has 0 N–H and O–H groups in total. The third kappa shape index (κ3) is 3.73. The van der Waals surface area contributed by atoms with Crippen molar-refractivity contribution >= 4 is 28.2 Å². The minimum Gasteiger partial charge on any atom is -0.497 e. The van der Waals surface area contributed by atoms with Gasteiger partial charge in [-0.05, 0) is 31.2 Å². The number of nitrogens with zero attached hydrogens (tertiary/aromatic N) is 2. The molecule has 4 aromatic rings. The first-order valence-electron chi connectivity index (χ1n) is 8.76. The van der Waals surface area contributed by atoms with Crippen molar-refractivity contribution in [1.29, 1.82) is 0 Å². The molecule has 0 bridgehead atoms. The lowest BCUT2D eigenvalue weighted by atomic mass is 10.1. The molecule has 0 aliphatic heterocycles. The van der Waals surface area contributed by atoms with Gasteiger partial charge in [0.2, 0.25) is 0 Å². The summed E-state index contributed by atoms with van der Waals surface area (Å²) in [7, 11) is 1.64. The normalized spacial score (nSPS) is 10.8. The highest BCUT2D eigenvalue weighted by atomic mass is 32.1. The molecule has 140 valence electrons. The van der Waals surface area contributed by atoms with Crippen LogP contribution in [0.25, 0.3) is 21.5 Å². The molecule has 0 spiro atoms. The van der Waals surface area contributed by atoms with Gasteiger partial charge in [0.05, 0.1) is 23.9 Å². The fraction of sp³-hybridized carbons (Fsp3) is 0.136. The summed E-state index contributed by atoms with van der Waals surface area (Å²) < 4.78 is 10.8. The molecular weight excluding hydrogens is 372 g/mol.